The van der Waals surface area contributed by atoms with Crippen molar-refractivity contribution < 1.29 is 12.4 Å². The number of rotatable bonds is 11. The van der Waals surface area contributed by atoms with E-state index < -0.39 is 0 Å². The zero-order chi connectivity index (χ0) is 12.1. The molecular formula is C13H29ClN2S. The van der Waals surface area contributed by atoms with Gasteiger partial charge in [0.25, 0.3) is 0 Å². The third kappa shape index (κ3) is 18.8. The van der Waals surface area contributed by atoms with Gasteiger partial charge in [-0.3, -0.25) is 0 Å². The van der Waals surface area contributed by atoms with Gasteiger partial charge in [-0.1, -0.05) is 58.3 Å². The molecule has 104 valence electrons. The van der Waals surface area contributed by atoms with Gasteiger partial charge in [-0.15, -0.1) is 0 Å². The van der Waals surface area contributed by atoms with Gasteiger partial charge in [0.1, 0.15) is 0 Å². The zero-order valence-electron chi connectivity index (χ0n) is 11.2. The van der Waals surface area contributed by atoms with Crippen molar-refractivity contribution in [2.75, 3.05) is 5.75 Å². The second-order valence-electron chi connectivity index (χ2n) is 4.43. The van der Waals surface area contributed by atoms with Crippen LogP contribution in [-0.2, 0) is 11.4 Å². The third-order valence-corrected chi connectivity index (χ3v) is 3.59. The van der Waals surface area contributed by atoms with E-state index in [2.05, 4.69) is 6.92 Å². The predicted octanol–water partition coefficient (Wildman–Crippen LogP) is -0.00130. The van der Waals surface area contributed by atoms with Crippen molar-refractivity contribution in [1.29, 1.82) is 0 Å². The summed E-state index contributed by atoms with van der Waals surface area (Å²) in [6.07, 6.45) is 13.8. The summed E-state index contributed by atoms with van der Waals surface area (Å²) in [5, 5.41) is 0.510. The quantitative estimate of drug-likeness (QED) is 0.318. The highest BCUT2D eigenvalue weighted by atomic mass is 35.5. The molecule has 0 saturated carbocycles. The van der Waals surface area contributed by atoms with Crippen LogP contribution in [0.3, 0.4) is 0 Å². The molecule has 0 rings (SSSR count). The van der Waals surface area contributed by atoms with Crippen LogP contribution in [0.2, 0.25) is 0 Å². The Balaban J connectivity index is 0. The van der Waals surface area contributed by atoms with Crippen LogP contribution < -0.4 is 23.9 Å². The van der Waals surface area contributed by atoms with Gasteiger partial charge in [0.15, 0.2) is 5.75 Å². The molecule has 0 heterocycles. The maximum Gasteiger partial charge on any atom is 0.314 e. The fraction of sp³-hybridized carbons (Fsp3) is 0.923. The summed E-state index contributed by atoms with van der Waals surface area (Å²) >= 11 is 1.58. The molecular weight excluding hydrogens is 252 g/mol. The molecule has 17 heavy (non-hydrogen) atoms. The average Bonchev–Trinajstić information content (AvgIpc) is 2.25. The number of nitrogens with two attached hydrogens (primary N) is 2. The SMILES string of the molecule is CCCCCCCCCCCC[S+]=C(N)N.[Cl-]. The van der Waals surface area contributed by atoms with Crippen LogP contribution in [0.15, 0.2) is 0 Å². The van der Waals surface area contributed by atoms with E-state index in [1.165, 1.54) is 64.2 Å². The molecule has 4 N–H and O–H groups in total. The van der Waals surface area contributed by atoms with E-state index >= 15 is 0 Å². The van der Waals surface area contributed by atoms with Crippen molar-refractivity contribution in [1.82, 2.24) is 0 Å². The number of hydrogen-bond acceptors (Lipinski definition) is 0. The molecule has 2 nitrogen and oxygen atoms in total. The van der Waals surface area contributed by atoms with Gasteiger partial charge in [-0.05, 0) is 6.42 Å². The summed E-state index contributed by atoms with van der Waals surface area (Å²) in [6.45, 7) is 2.27. The molecule has 0 radical (unpaired) electrons. The maximum atomic E-state index is 5.37. The van der Waals surface area contributed by atoms with Gasteiger partial charge in [-0.2, -0.15) is 0 Å². The van der Waals surface area contributed by atoms with Crippen LogP contribution in [-0.4, -0.2) is 10.9 Å². The van der Waals surface area contributed by atoms with Crippen molar-refractivity contribution in [2.24, 2.45) is 11.5 Å². The summed E-state index contributed by atoms with van der Waals surface area (Å²) in [4.78, 5) is 0. The molecule has 0 aliphatic rings. The highest BCUT2D eigenvalue weighted by Crippen LogP contribution is 2.10. The van der Waals surface area contributed by atoms with Gasteiger partial charge in [0, 0.05) is 6.42 Å². The van der Waals surface area contributed by atoms with Crippen LogP contribution in [0, 0.1) is 0 Å². The summed E-state index contributed by atoms with van der Waals surface area (Å²) in [7, 11) is 0. The highest BCUT2D eigenvalue weighted by molar-refractivity contribution is 7.78. The lowest BCUT2D eigenvalue weighted by molar-refractivity contribution is -0.00000373. The van der Waals surface area contributed by atoms with Crippen molar-refractivity contribution in [3.8, 4) is 0 Å². The Morgan fingerprint density at radius 2 is 1.18 bits per heavy atom. The first-order valence-corrected chi connectivity index (χ1v) is 7.76. The molecule has 0 saturated heterocycles. The normalized spacial score (nSPS) is 9.82. The smallest absolute Gasteiger partial charge is 0.314 e. The van der Waals surface area contributed by atoms with Gasteiger partial charge in [0.05, 0.1) is 0 Å². The first kappa shape index (κ1) is 19.6. The Kier molecular flexibility index (Phi) is 18.8. The lowest BCUT2D eigenvalue weighted by Crippen LogP contribution is -3.00. The van der Waals surface area contributed by atoms with Crippen LogP contribution >= 0.6 is 0 Å². The second kappa shape index (κ2) is 16.3. The predicted molar refractivity (Wildman–Crippen MR) is 77.5 cm³/mol. The maximum absolute atomic E-state index is 5.37. The van der Waals surface area contributed by atoms with Crippen LogP contribution in [0.25, 0.3) is 0 Å². The first-order chi connectivity index (χ1) is 7.77. The topological polar surface area (TPSA) is 52.0 Å². The summed E-state index contributed by atoms with van der Waals surface area (Å²) in [5.41, 5.74) is 10.7. The fourth-order valence-electron chi connectivity index (χ4n) is 1.78. The molecule has 0 aliphatic heterocycles. The molecule has 0 amide bonds. The standard InChI is InChI=1S/C13H29N2S.ClH/c1-2-3-4-5-6-7-8-9-10-11-12-16-13(14)15;/h2-12,14-15H2,1H3;1H/q+1;/p-1. The molecule has 0 aromatic rings. The Bertz CT molecular complexity index is 171. The minimum absolute atomic E-state index is 0. The Hall–Kier alpha value is 0.300. The largest absolute Gasteiger partial charge is 1.00 e. The summed E-state index contributed by atoms with van der Waals surface area (Å²) in [6, 6.07) is 0. The van der Waals surface area contributed by atoms with Gasteiger partial charge in [-0.25, -0.2) is 11.5 Å². The lowest BCUT2D eigenvalue weighted by atomic mass is 10.1. The monoisotopic (exact) mass is 280 g/mol. The molecule has 0 atom stereocenters. The van der Waals surface area contributed by atoms with E-state index in [0.29, 0.717) is 5.11 Å². The Morgan fingerprint density at radius 3 is 1.59 bits per heavy atom. The van der Waals surface area contributed by atoms with E-state index in [-0.39, 0.29) is 12.4 Å². The molecule has 0 aromatic carbocycles. The average molecular weight is 281 g/mol. The van der Waals surface area contributed by atoms with E-state index in [9.17, 15) is 0 Å². The van der Waals surface area contributed by atoms with E-state index in [1.807, 2.05) is 0 Å². The molecule has 0 fully saturated rings. The molecule has 0 spiro atoms. The minimum Gasteiger partial charge on any atom is -1.00 e. The highest BCUT2D eigenvalue weighted by Gasteiger charge is 1.98. The molecule has 0 aliphatic carbocycles. The minimum atomic E-state index is 0. The number of unbranched alkanes of at least 4 members (excludes halogenated alkanes) is 9. The fourth-order valence-corrected chi connectivity index (χ4v) is 2.36. The van der Waals surface area contributed by atoms with Crippen LogP contribution in [0.4, 0.5) is 0 Å². The molecule has 0 bridgehead atoms. The van der Waals surface area contributed by atoms with Crippen molar-refractivity contribution in [3.63, 3.8) is 0 Å². The first-order valence-electron chi connectivity index (χ1n) is 6.78. The van der Waals surface area contributed by atoms with Crippen molar-refractivity contribution in [3.05, 3.63) is 0 Å². The van der Waals surface area contributed by atoms with Gasteiger partial charge < -0.3 is 12.4 Å². The second-order valence-corrected chi connectivity index (χ2v) is 5.60. The van der Waals surface area contributed by atoms with Crippen molar-refractivity contribution >= 4 is 16.5 Å². The third-order valence-electron chi connectivity index (χ3n) is 2.77. The van der Waals surface area contributed by atoms with E-state index in [0.717, 1.165) is 5.75 Å². The van der Waals surface area contributed by atoms with Gasteiger partial charge >= 0.3 is 5.11 Å². The molecule has 0 aromatic heterocycles. The summed E-state index contributed by atoms with van der Waals surface area (Å²) in [5.74, 6) is 1.08. The number of halogens is 1. The Morgan fingerprint density at radius 1 is 0.765 bits per heavy atom. The van der Waals surface area contributed by atoms with Crippen molar-refractivity contribution in [2.45, 2.75) is 71.1 Å². The lowest BCUT2D eigenvalue weighted by Gasteiger charge is -2.00. The van der Waals surface area contributed by atoms with E-state index in [1.54, 1.807) is 11.4 Å². The van der Waals surface area contributed by atoms with E-state index in [4.69, 9.17) is 11.5 Å². The van der Waals surface area contributed by atoms with Crippen LogP contribution in [0.5, 0.6) is 0 Å². The van der Waals surface area contributed by atoms with Gasteiger partial charge in [0.2, 0.25) is 11.4 Å². The molecule has 4 heteroatoms. The Labute approximate surface area is 117 Å². The summed E-state index contributed by atoms with van der Waals surface area (Å²) < 4.78 is 0. The number of hydrogen-bond donors (Lipinski definition) is 2. The zero-order valence-corrected chi connectivity index (χ0v) is 12.8. The van der Waals surface area contributed by atoms with Crippen LogP contribution in [0.1, 0.15) is 71.1 Å². The molecule has 0 unspecified atom stereocenters.